The lowest BCUT2D eigenvalue weighted by molar-refractivity contribution is 0.362. The molecule has 0 saturated heterocycles. The standard InChI is InChI=1S/C43H26N4O2/c1-3-13-28(14-4-1)41-44-42(29-15-5-2-6-16-29)46-43(45-41)30-17-11-18-31(26-30)47-34-24-22-27-12-7-8-19-32(27)38(34)33-23-25-37-40(39(33)47)49-36-21-10-9-20-35(36)48-37/h1-26H. The van der Waals surface area contributed by atoms with E-state index in [1.54, 1.807) is 0 Å². The lowest BCUT2D eigenvalue weighted by Crippen LogP contribution is -2.03. The highest BCUT2D eigenvalue weighted by molar-refractivity contribution is 6.22. The molecule has 6 heteroatoms. The Labute approximate surface area is 281 Å². The molecule has 0 atom stereocenters. The van der Waals surface area contributed by atoms with Crippen LogP contribution in [-0.4, -0.2) is 19.5 Å². The first-order valence-corrected chi connectivity index (χ1v) is 16.2. The summed E-state index contributed by atoms with van der Waals surface area (Å²) < 4.78 is 15.3. The average Bonchev–Trinajstić information content (AvgIpc) is 3.53. The molecular weight excluding hydrogens is 604 g/mol. The molecule has 230 valence electrons. The molecule has 0 unspecified atom stereocenters. The summed E-state index contributed by atoms with van der Waals surface area (Å²) in [6.07, 6.45) is 0. The molecule has 0 bridgehead atoms. The normalized spacial score (nSPS) is 12.0. The topological polar surface area (TPSA) is 62.1 Å². The van der Waals surface area contributed by atoms with E-state index >= 15 is 0 Å². The van der Waals surface area contributed by atoms with Crippen molar-refractivity contribution in [2.45, 2.75) is 0 Å². The van der Waals surface area contributed by atoms with Crippen LogP contribution in [-0.2, 0) is 0 Å². The van der Waals surface area contributed by atoms with E-state index in [2.05, 4.69) is 71.3 Å². The zero-order chi connectivity index (χ0) is 32.3. The van der Waals surface area contributed by atoms with Crippen LogP contribution < -0.4 is 9.47 Å². The highest BCUT2D eigenvalue weighted by Crippen LogP contribution is 2.51. The summed E-state index contributed by atoms with van der Waals surface area (Å²) in [5, 5.41) is 4.59. The lowest BCUT2D eigenvalue weighted by Gasteiger charge is -2.22. The average molecular weight is 631 g/mol. The highest BCUT2D eigenvalue weighted by Gasteiger charge is 2.26. The van der Waals surface area contributed by atoms with Crippen LogP contribution >= 0.6 is 0 Å². The molecule has 0 spiro atoms. The van der Waals surface area contributed by atoms with E-state index in [4.69, 9.17) is 24.4 Å². The monoisotopic (exact) mass is 630 g/mol. The number of hydrogen-bond donors (Lipinski definition) is 0. The van der Waals surface area contributed by atoms with Crippen LogP contribution in [0.25, 0.3) is 72.4 Å². The Kier molecular flexibility index (Phi) is 6.08. The van der Waals surface area contributed by atoms with E-state index in [1.807, 2.05) is 91.0 Å². The summed E-state index contributed by atoms with van der Waals surface area (Å²) in [5.74, 6) is 4.57. The maximum absolute atomic E-state index is 6.66. The number of aromatic nitrogens is 4. The minimum atomic E-state index is 0.594. The predicted octanol–water partition coefficient (Wildman–Crippen LogP) is 11.0. The van der Waals surface area contributed by atoms with Crippen molar-refractivity contribution in [3.63, 3.8) is 0 Å². The van der Waals surface area contributed by atoms with Crippen LogP contribution in [0.5, 0.6) is 23.0 Å². The van der Waals surface area contributed by atoms with E-state index in [0.717, 1.165) is 44.2 Å². The minimum Gasteiger partial charge on any atom is -0.449 e. The lowest BCUT2D eigenvalue weighted by atomic mass is 10.0. The highest BCUT2D eigenvalue weighted by atomic mass is 16.6. The second kappa shape index (κ2) is 10.9. The van der Waals surface area contributed by atoms with Crippen LogP contribution in [0.15, 0.2) is 158 Å². The number of fused-ring (bicyclic) bond motifs is 8. The van der Waals surface area contributed by atoms with Crippen LogP contribution in [0.4, 0.5) is 0 Å². The van der Waals surface area contributed by atoms with Gasteiger partial charge in [0.15, 0.2) is 40.5 Å². The molecule has 0 saturated carbocycles. The summed E-state index contributed by atoms with van der Waals surface area (Å²) in [7, 11) is 0. The van der Waals surface area contributed by atoms with Gasteiger partial charge in [0.2, 0.25) is 0 Å². The van der Waals surface area contributed by atoms with Gasteiger partial charge in [0.1, 0.15) is 5.52 Å². The van der Waals surface area contributed by atoms with Gasteiger partial charge >= 0.3 is 0 Å². The number of ether oxygens (including phenoxy) is 2. The van der Waals surface area contributed by atoms with Crippen molar-refractivity contribution in [2.75, 3.05) is 0 Å². The Balaban J connectivity index is 1.23. The molecule has 3 heterocycles. The van der Waals surface area contributed by atoms with Gasteiger partial charge in [0.05, 0.1) is 5.52 Å². The molecule has 0 radical (unpaired) electrons. The molecule has 7 aromatic carbocycles. The van der Waals surface area contributed by atoms with E-state index in [0.29, 0.717) is 40.5 Å². The first kappa shape index (κ1) is 27.3. The van der Waals surface area contributed by atoms with Crippen molar-refractivity contribution in [2.24, 2.45) is 0 Å². The Morgan fingerprint density at radius 2 is 1.04 bits per heavy atom. The van der Waals surface area contributed by atoms with Crippen molar-refractivity contribution in [3.8, 4) is 62.8 Å². The predicted molar refractivity (Wildman–Crippen MR) is 195 cm³/mol. The van der Waals surface area contributed by atoms with Gasteiger partial charge in [-0.3, -0.25) is 0 Å². The fraction of sp³-hybridized carbons (Fsp3) is 0. The van der Waals surface area contributed by atoms with Gasteiger partial charge in [-0.15, -0.1) is 0 Å². The van der Waals surface area contributed by atoms with E-state index < -0.39 is 0 Å². The second-order valence-electron chi connectivity index (χ2n) is 12.0. The number of hydrogen-bond acceptors (Lipinski definition) is 5. The first-order chi connectivity index (χ1) is 24.3. The molecule has 0 N–H and O–H groups in total. The van der Waals surface area contributed by atoms with Crippen LogP contribution in [0.3, 0.4) is 0 Å². The summed E-state index contributed by atoms with van der Waals surface area (Å²) in [6, 6.07) is 53.3. The van der Waals surface area contributed by atoms with E-state index in [1.165, 1.54) is 10.8 Å². The zero-order valence-corrected chi connectivity index (χ0v) is 26.1. The third-order valence-electron chi connectivity index (χ3n) is 9.08. The zero-order valence-electron chi connectivity index (χ0n) is 26.1. The summed E-state index contributed by atoms with van der Waals surface area (Å²) in [5.41, 5.74) is 5.67. The molecule has 10 rings (SSSR count). The number of para-hydroxylation sites is 2. The number of rotatable bonds is 4. The van der Waals surface area contributed by atoms with Crippen molar-refractivity contribution >= 4 is 32.6 Å². The third-order valence-corrected chi connectivity index (χ3v) is 9.08. The van der Waals surface area contributed by atoms with Crippen molar-refractivity contribution < 1.29 is 9.47 Å². The molecule has 0 fully saturated rings. The van der Waals surface area contributed by atoms with Gasteiger partial charge in [-0.05, 0) is 53.2 Å². The molecule has 0 aliphatic carbocycles. The Morgan fingerprint density at radius 1 is 0.429 bits per heavy atom. The molecule has 6 nitrogen and oxygen atoms in total. The maximum atomic E-state index is 6.66. The molecular formula is C43H26N4O2. The fourth-order valence-electron chi connectivity index (χ4n) is 6.84. The van der Waals surface area contributed by atoms with Gasteiger partial charge < -0.3 is 14.0 Å². The molecule has 0 amide bonds. The Hall–Kier alpha value is -6.79. The van der Waals surface area contributed by atoms with Crippen molar-refractivity contribution in [1.82, 2.24) is 19.5 Å². The fourth-order valence-corrected chi connectivity index (χ4v) is 6.84. The second-order valence-corrected chi connectivity index (χ2v) is 12.0. The van der Waals surface area contributed by atoms with E-state index in [-0.39, 0.29) is 0 Å². The van der Waals surface area contributed by atoms with E-state index in [9.17, 15) is 0 Å². The summed E-state index contributed by atoms with van der Waals surface area (Å²) in [6.45, 7) is 0. The maximum Gasteiger partial charge on any atom is 0.194 e. The van der Waals surface area contributed by atoms with Gasteiger partial charge in [0.25, 0.3) is 0 Å². The van der Waals surface area contributed by atoms with Crippen LogP contribution in [0, 0.1) is 0 Å². The molecule has 49 heavy (non-hydrogen) atoms. The van der Waals surface area contributed by atoms with Crippen LogP contribution in [0.2, 0.25) is 0 Å². The quantitative estimate of drug-likeness (QED) is 0.194. The molecule has 2 aromatic heterocycles. The van der Waals surface area contributed by atoms with Crippen molar-refractivity contribution in [3.05, 3.63) is 158 Å². The molecule has 1 aliphatic rings. The summed E-state index contributed by atoms with van der Waals surface area (Å²) >= 11 is 0. The van der Waals surface area contributed by atoms with Gasteiger partial charge in [-0.1, -0.05) is 115 Å². The Morgan fingerprint density at radius 3 is 1.78 bits per heavy atom. The largest absolute Gasteiger partial charge is 0.449 e. The van der Waals surface area contributed by atoms with Crippen LogP contribution in [0.1, 0.15) is 0 Å². The SMILES string of the molecule is c1ccc(-c2nc(-c3ccccc3)nc(-c3cccc(-n4c5ccc6ccccc6c5c5ccc6c(c54)Oc4ccccc4O6)c3)n2)cc1. The van der Waals surface area contributed by atoms with Crippen molar-refractivity contribution in [1.29, 1.82) is 0 Å². The van der Waals surface area contributed by atoms with Gasteiger partial charge in [-0.25, -0.2) is 15.0 Å². The number of nitrogens with zero attached hydrogens (tertiary/aromatic N) is 4. The van der Waals surface area contributed by atoms with Gasteiger partial charge in [0, 0.05) is 33.2 Å². The molecule has 9 aromatic rings. The number of benzene rings is 7. The smallest absolute Gasteiger partial charge is 0.194 e. The molecule has 1 aliphatic heterocycles. The van der Waals surface area contributed by atoms with Gasteiger partial charge in [-0.2, -0.15) is 0 Å². The minimum absolute atomic E-state index is 0.594. The first-order valence-electron chi connectivity index (χ1n) is 16.2. The summed E-state index contributed by atoms with van der Waals surface area (Å²) in [4.78, 5) is 14.9. The third kappa shape index (κ3) is 4.46. The Bertz CT molecular complexity index is 2660.